The summed E-state index contributed by atoms with van der Waals surface area (Å²) in [6, 6.07) is 0. The maximum atomic E-state index is 11.5. The number of nitrogens with one attached hydrogen (secondary N) is 2. The molecule has 1 amide bonds. The minimum absolute atomic E-state index is 0.0983. The largest absolute Gasteiger partial charge is 0.381 e. The van der Waals surface area contributed by atoms with Crippen molar-refractivity contribution in [3.8, 4) is 0 Å². The number of carbonyl (C=O) groups is 1. The molecule has 1 aliphatic heterocycles. The maximum Gasteiger partial charge on any atom is 0.233 e. The molecule has 16 heavy (non-hydrogen) atoms. The Morgan fingerprint density at radius 2 is 2.06 bits per heavy atom. The van der Waals surface area contributed by atoms with Gasteiger partial charge in [0.05, 0.1) is 6.54 Å². The lowest BCUT2D eigenvalue weighted by Gasteiger charge is -2.33. The monoisotopic (exact) mass is 228 g/mol. The van der Waals surface area contributed by atoms with E-state index in [1.165, 1.54) is 0 Å². The summed E-state index contributed by atoms with van der Waals surface area (Å²) in [5.41, 5.74) is 0.221. The minimum atomic E-state index is 0.0983. The minimum Gasteiger partial charge on any atom is -0.381 e. The summed E-state index contributed by atoms with van der Waals surface area (Å²) in [7, 11) is 0. The summed E-state index contributed by atoms with van der Waals surface area (Å²) in [6.45, 7) is 8.05. The Kier molecular flexibility index (Phi) is 5.77. The van der Waals surface area contributed by atoms with Crippen LogP contribution in [0.4, 0.5) is 0 Å². The zero-order valence-electron chi connectivity index (χ0n) is 10.5. The van der Waals surface area contributed by atoms with E-state index in [-0.39, 0.29) is 11.3 Å². The lowest BCUT2D eigenvalue weighted by atomic mass is 9.82. The highest BCUT2D eigenvalue weighted by Crippen LogP contribution is 2.28. The van der Waals surface area contributed by atoms with Crippen molar-refractivity contribution in [3.05, 3.63) is 0 Å². The predicted molar refractivity (Wildman–Crippen MR) is 64.3 cm³/mol. The molecule has 0 spiro atoms. The van der Waals surface area contributed by atoms with Gasteiger partial charge >= 0.3 is 0 Å². The number of rotatable bonds is 6. The van der Waals surface area contributed by atoms with Gasteiger partial charge in [0, 0.05) is 19.8 Å². The molecule has 0 aromatic carbocycles. The van der Waals surface area contributed by atoms with Crippen molar-refractivity contribution in [3.63, 3.8) is 0 Å². The SMILES string of the molecule is CCCNCC(=O)NCC1(C)CCOCC1. The second kappa shape index (κ2) is 6.86. The zero-order chi connectivity index (χ0) is 11.9. The molecule has 4 nitrogen and oxygen atoms in total. The van der Waals surface area contributed by atoms with Crippen LogP contribution in [0.25, 0.3) is 0 Å². The third-order valence-corrected chi connectivity index (χ3v) is 3.12. The number of hydrogen-bond acceptors (Lipinski definition) is 3. The Morgan fingerprint density at radius 3 is 2.69 bits per heavy atom. The van der Waals surface area contributed by atoms with Crippen LogP contribution in [-0.2, 0) is 9.53 Å². The van der Waals surface area contributed by atoms with Gasteiger partial charge in [-0.2, -0.15) is 0 Å². The molecule has 4 heteroatoms. The molecule has 2 N–H and O–H groups in total. The van der Waals surface area contributed by atoms with Gasteiger partial charge in [-0.3, -0.25) is 4.79 Å². The van der Waals surface area contributed by atoms with E-state index in [1.54, 1.807) is 0 Å². The molecule has 1 aliphatic rings. The van der Waals surface area contributed by atoms with E-state index in [0.29, 0.717) is 6.54 Å². The lowest BCUT2D eigenvalue weighted by Crippen LogP contribution is -2.42. The molecule has 1 saturated heterocycles. The van der Waals surface area contributed by atoms with E-state index in [0.717, 1.165) is 45.6 Å². The summed E-state index contributed by atoms with van der Waals surface area (Å²) < 4.78 is 5.33. The van der Waals surface area contributed by atoms with Crippen molar-refractivity contribution in [1.82, 2.24) is 10.6 Å². The molecule has 0 aliphatic carbocycles. The van der Waals surface area contributed by atoms with Crippen LogP contribution in [0.15, 0.2) is 0 Å². The fourth-order valence-corrected chi connectivity index (χ4v) is 1.79. The summed E-state index contributed by atoms with van der Waals surface area (Å²) >= 11 is 0. The fraction of sp³-hybridized carbons (Fsp3) is 0.917. The fourth-order valence-electron chi connectivity index (χ4n) is 1.79. The van der Waals surface area contributed by atoms with Crippen LogP contribution in [-0.4, -0.2) is 38.8 Å². The highest BCUT2D eigenvalue weighted by atomic mass is 16.5. The Hall–Kier alpha value is -0.610. The molecular formula is C12H24N2O2. The van der Waals surface area contributed by atoms with Gasteiger partial charge in [-0.25, -0.2) is 0 Å². The van der Waals surface area contributed by atoms with Gasteiger partial charge in [0.2, 0.25) is 5.91 Å². The third-order valence-electron chi connectivity index (χ3n) is 3.12. The average molecular weight is 228 g/mol. The van der Waals surface area contributed by atoms with E-state index in [1.807, 2.05) is 0 Å². The van der Waals surface area contributed by atoms with Crippen molar-refractivity contribution in [1.29, 1.82) is 0 Å². The van der Waals surface area contributed by atoms with Crippen LogP contribution in [0.5, 0.6) is 0 Å². The van der Waals surface area contributed by atoms with Crippen molar-refractivity contribution < 1.29 is 9.53 Å². The molecule has 0 atom stereocenters. The third kappa shape index (κ3) is 4.94. The molecule has 0 radical (unpaired) electrons. The second-order valence-corrected chi connectivity index (χ2v) is 4.88. The molecule has 94 valence electrons. The number of ether oxygens (including phenoxy) is 1. The summed E-state index contributed by atoms with van der Waals surface area (Å²) in [5.74, 6) is 0.0983. The molecule has 1 rings (SSSR count). The van der Waals surface area contributed by atoms with Gasteiger partial charge in [0.25, 0.3) is 0 Å². The van der Waals surface area contributed by atoms with Crippen LogP contribution in [0.3, 0.4) is 0 Å². The van der Waals surface area contributed by atoms with E-state index >= 15 is 0 Å². The molecular weight excluding hydrogens is 204 g/mol. The molecule has 0 unspecified atom stereocenters. The Bertz CT molecular complexity index is 213. The summed E-state index contributed by atoms with van der Waals surface area (Å²) in [6.07, 6.45) is 3.13. The van der Waals surface area contributed by atoms with Gasteiger partial charge in [-0.1, -0.05) is 13.8 Å². The number of amides is 1. The molecule has 1 heterocycles. The van der Waals surface area contributed by atoms with E-state index in [9.17, 15) is 4.79 Å². The zero-order valence-corrected chi connectivity index (χ0v) is 10.5. The highest BCUT2D eigenvalue weighted by Gasteiger charge is 2.27. The Balaban J connectivity index is 2.14. The van der Waals surface area contributed by atoms with Crippen molar-refractivity contribution in [2.24, 2.45) is 5.41 Å². The number of hydrogen-bond donors (Lipinski definition) is 2. The standard InChI is InChI=1S/C12H24N2O2/c1-3-6-13-9-11(15)14-10-12(2)4-7-16-8-5-12/h13H,3-10H2,1-2H3,(H,14,15). The quantitative estimate of drug-likeness (QED) is 0.665. The van der Waals surface area contributed by atoms with E-state index in [4.69, 9.17) is 4.74 Å². The van der Waals surface area contributed by atoms with Gasteiger partial charge in [-0.05, 0) is 31.2 Å². The Morgan fingerprint density at radius 1 is 1.38 bits per heavy atom. The molecule has 0 saturated carbocycles. The van der Waals surface area contributed by atoms with Crippen LogP contribution >= 0.6 is 0 Å². The Labute approximate surface area is 98.1 Å². The topological polar surface area (TPSA) is 50.4 Å². The molecule has 0 aromatic rings. The van der Waals surface area contributed by atoms with Gasteiger partial charge in [0.1, 0.15) is 0 Å². The van der Waals surface area contributed by atoms with Crippen LogP contribution in [0.1, 0.15) is 33.1 Å². The number of carbonyl (C=O) groups excluding carboxylic acids is 1. The van der Waals surface area contributed by atoms with E-state index < -0.39 is 0 Å². The van der Waals surface area contributed by atoms with Gasteiger partial charge in [0.15, 0.2) is 0 Å². The first-order valence-electron chi connectivity index (χ1n) is 6.21. The highest BCUT2D eigenvalue weighted by molar-refractivity contribution is 5.78. The van der Waals surface area contributed by atoms with Crippen LogP contribution < -0.4 is 10.6 Å². The van der Waals surface area contributed by atoms with Crippen LogP contribution in [0.2, 0.25) is 0 Å². The molecule has 1 fully saturated rings. The molecule has 0 aromatic heterocycles. The first kappa shape index (κ1) is 13.5. The van der Waals surface area contributed by atoms with Crippen molar-refractivity contribution in [2.45, 2.75) is 33.1 Å². The van der Waals surface area contributed by atoms with Gasteiger partial charge < -0.3 is 15.4 Å². The molecule has 0 bridgehead atoms. The predicted octanol–water partition coefficient (Wildman–Crippen LogP) is 0.919. The second-order valence-electron chi connectivity index (χ2n) is 4.88. The average Bonchev–Trinajstić information content (AvgIpc) is 2.28. The maximum absolute atomic E-state index is 11.5. The van der Waals surface area contributed by atoms with E-state index in [2.05, 4.69) is 24.5 Å². The summed E-state index contributed by atoms with van der Waals surface area (Å²) in [5, 5.41) is 6.09. The van der Waals surface area contributed by atoms with Crippen molar-refractivity contribution in [2.75, 3.05) is 32.8 Å². The van der Waals surface area contributed by atoms with Crippen molar-refractivity contribution >= 4 is 5.91 Å². The summed E-state index contributed by atoms with van der Waals surface area (Å²) in [4.78, 5) is 11.5. The first-order chi connectivity index (χ1) is 7.66. The smallest absolute Gasteiger partial charge is 0.233 e. The first-order valence-corrected chi connectivity index (χ1v) is 6.21. The van der Waals surface area contributed by atoms with Crippen LogP contribution in [0, 0.1) is 5.41 Å². The lowest BCUT2D eigenvalue weighted by molar-refractivity contribution is -0.121. The normalized spacial score (nSPS) is 19.4. The van der Waals surface area contributed by atoms with Gasteiger partial charge in [-0.15, -0.1) is 0 Å².